The van der Waals surface area contributed by atoms with Crippen LogP contribution in [0.4, 0.5) is 13.2 Å². The van der Waals surface area contributed by atoms with Crippen LogP contribution in [0.5, 0.6) is 11.6 Å². The maximum atomic E-state index is 12.4. The molecule has 0 spiro atoms. The minimum absolute atomic E-state index is 0.0104. The predicted octanol–water partition coefficient (Wildman–Crippen LogP) is 4.45. The van der Waals surface area contributed by atoms with E-state index in [0.29, 0.717) is 10.6 Å². The summed E-state index contributed by atoms with van der Waals surface area (Å²) in [7, 11) is 1.57. The van der Waals surface area contributed by atoms with Crippen molar-refractivity contribution in [1.82, 2.24) is 4.98 Å². The van der Waals surface area contributed by atoms with Crippen molar-refractivity contribution in [3.63, 3.8) is 0 Å². The summed E-state index contributed by atoms with van der Waals surface area (Å²) in [4.78, 5) is 4.55. The Labute approximate surface area is 130 Å². The Bertz CT molecular complexity index is 653. The maximum Gasteiger partial charge on any atom is 0.395 e. The summed E-state index contributed by atoms with van der Waals surface area (Å²) < 4.78 is 48.0. The summed E-state index contributed by atoms with van der Waals surface area (Å²) in [5, 5.41) is 0.0104. The number of para-hydroxylation sites is 1. The zero-order chi connectivity index (χ0) is 16.3. The summed E-state index contributed by atoms with van der Waals surface area (Å²) in [6.45, 7) is 3.80. The van der Waals surface area contributed by atoms with Gasteiger partial charge in [-0.2, -0.15) is 13.2 Å². The van der Waals surface area contributed by atoms with E-state index in [1.54, 1.807) is 14.0 Å². The van der Waals surface area contributed by atoms with E-state index in [9.17, 15) is 13.2 Å². The molecule has 0 aliphatic carbocycles. The van der Waals surface area contributed by atoms with Crippen molar-refractivity contribution in [3.8, 4) is 11.6 Å². The molecule has 1 heterocycles. The quantitative estimate of drug-likeness (QED) is 0.811. The van der Waals surface area contributed by atoms with Gasteiger partial charge >= 0.3 is 6.18 Å². The number of hydrogen-bond acceptors (Lipinski definition) is 4. The number of aryl methyl sites for hydroxylation is 2. The monoisotopic (exact) mass is 331 g/mol. The molecular formula is C15H16F3NO2S. The summed E-state index contributed by atoms with van der Waals surface area (Å²) in [6.07, 6.45) is -5.29. The van der Waals surface area contributed by atoms with Crippen LogP contribution in [0.1, 0.15) is 21.0 Å². The lowest BCUT2D eigenvalue weighted by molar-refractivity contribution is -0.127. The lowest BCUT2D eigenvalue weighted by Crippen LogP contribution is -2.11. The molecule has 1 aromatic carbocycles. The standard InChI is InChI=1S/C15H16F3NO2S/c1-9-5-4-6-11(13(9)20-3)8-21-14-10(2)22-12(19-14)7-15(16,17)18/h4-6H,7-8H2,1-3H3. The zero-order valence-electron chi connectivity index (χ0n) is 12.5. The summed E-state index contributed by atoms with van der Waals surface area (Å²) in [6, 6.07) is 5.64. The predicted molar refractivity (Wildman–Crippen MR) is 78.7 cm³/mol. The number of rotatable bonds is 5. The first-order chi connectivity index (χ1) is 10.3. The van der Waals surface area contributed by atoms with Crippen molar-refractivity contribution < 1.29 is 22.6 Å². The van der Waals surface area contributed by atoms with Crippen molar-refractivity contribution in [1.29, 1.82) is 0 Å². The fourth-order valence-electron chi connectivity index (χ4n) is 2.08. The van der Waals surface area contributed by atoms with E-state index >= 15 is 0 Å². The number of thiazole rings is 1. The third-order valence-electron chi connectivity index (χ3n) is 3.01. The average Bonchev–Trinajstić information content (AvgIpc) is 2.74. The topological polar surface area (TPSA) is 31.4 Å². The summed E-state index contributed by atoms with van der Waals surface area (Å²) >= 11 is 1.00. The molecule has 0 amide bonds. The molecule has 2 rings (SSSR count). The van der Waals surface area contributed by atoms with E-state index in [0.717, 1.165) is 22.5 Å². The molecule has 3 nitrogen and oxygen atoms in total. The maximum absolute atomic E-state index is 12.4. The van der Waals surface area contributed by atoms with E-state index in [2.05, 4.69) is 4.98 Å². The van der Waals surface area contributed by atoms with Gasteiger partial charge in [-0.25, -0.2) is 4.98 Å². The minimum atomic E-state index is -4.26. The Morgan fingerprint density at radius 3 is 2.59 bits per heavy atom. The molecule has 0 aliphatic heterocycles. The van der Waals surface area contributed by atoms with Gasteiger partial charge in [-0.1, -0.05) is 18.2 Å². The fraction of sp³-hybridized carbons (Fsp3) is 0.400. The molecule has 0 aliphatic rings. The number of ether oxygens (including phenoxy) is 2. The first-order valence-electron chi connectivity index (χ1n) is 6.58. The minimum Gasteiger partial charge on any atom is -0.496 e. The second-order valence-electron chi connectivity index (χ2n) is 4.82. The zero-order valence-corrected chi connectivity index (χ0v) is 13.3. The third kappa shape index (κ3) is 4.13. The van der Waals surface area contributed by atoms with Gasteiger partial charge < -0.3 is 9.47 Å². The highest BCUT2D eigenvalue weighted by Crippen LogP contribution is 2.31. The van der Waals surface area contributed by atoms with Crippen LogP contribution in [0.15, 0.2) is 18.2 Å². The number of methoxy groups -OCH3 is 1. The average molecular weight is 331 g/mol. The molecule has 0 saturated heterocycles. The van der Waals surface area contributed by atoms with Crippen molar-refractivity contribution in [2.24, 2.45) is 0 Å². The largest absolute Gasteiger partial charge is 0.496 e. The highest BCUT2D eigenvalue weighted by molar-refractivity contribution is 7.11. The lowest BCUT2D eigenvalue weighted by atomic mass is 10.1. The number of halogens is 3. The first-order valence-corrected chi connectivity index (χ1v) is 7.40. The molecule has 0 atom stereocenters. The molecule has 0 fully saturated rings. The van der Waals surface area contributed by atoms with Crippen LogP contribution >= 0.6 is 11.3 Å². The molecule has 2 aromatic rings. The van der Waals surface area contributed by atoms with Crippen LogP contribution in [0.3, 0.4) is 0 Å². The van der Waals surface area contributed by atoms with E-state index < -0.39 is 12.6 Å². The van der Waals surface area contributed by atoms with Crippen LogP contribution in [0, 0.1) is 13.8 Å². The molecule has 0 N–H and O–H groups in total. The van der Waals surface area contributed by atoms with Crippen molar-refractivity contribution >= 4 is 11.3 Å². The Kier molecular flexibility index (Phi) is 4.95. The fourth-order valence-corrected chi connectivity index (χ4v) is 2.99. The van der Waals surface area contributed by atoms with Crippen LogP contribution in [0.2, 0.25) is 0 Å². The highest BCUT2D eigenvalue weighted by Gasteiger charge is 2.30. The smallest absolute Gasteiger partial charge is 0.395 e. The molecule has 7 heteroatoms. The van der Waals surface area contributed by atoms with Crippen LogP contribution < -0.4 is 9.47 Å². The summed E-state index contributed by atoms with van der Waals surface area (Å²) in [5.41, 5.74) is 1.80. The van der Waals surface area contributed by atoms with Gasteiger partial charge in [0, 0.05) is 5.56 Å². The number of nitrogens with zero attached hydrogens (tertiary/aromatic N) is 1. The van der Waals surface area contributed by atoms with Crippen molar-refractivity contribution in [2.45, 2.75) is 33.1 Å². The second kappa shape index (κ2) is 6.56. The van der Waals surface area contributed by atoms with Gasteiger partial charge in [-0.15, -0.1) is 11.3 Å². The molecule has 22 heavy (non-hydrogen) atoms. The van der Waals surface area contributed by atoms with E-state index in [-0.39, 0.29) is 17.5 Å². The van der Waals surface area contributed by atoms with Gasteiger partial charge in [-0.3, -0.25) is 0 Å². The van der Waals surface area contributed by atoms with Gasteiger partial charge in [0.2, 0.25) is 5.88 Å². The van der Waals surface area contributed by atoms with Crippen LogP contribution in [-0.2, 0) is 13.0 Å². The Balaban J connectivity index is 2.11. The number of benzene rings is 1. The summed E-state index contributed by atoms with van der Waals surface area (Å²) in [5.74, 6) is 0.957. The highest BCUT2D eigenvalue weighted by atomic mass is 32.1. The first kappa shape index (κ1) is 16.6. The van der Waals surface area contributed by atoms with Gasteiger partial charge in [0.1, 0.15) is 17.4 Å². The van der Waals surface area contributed by atoms with Crippen LogP contribution in [-0.4, -0.2) is 18.3 Å². The lowest BCUT2D eigenvalue weighted by Gasteiger charge is -2.11. The second-order valence-corrected chi connectivity index (χ2v) is 6.10. The Morgan fingerprint density at radius 2 is 1.95 bits per heavy atom. The molecule has 0 saturated carbocycles. The van der Waals surface area contributed by atoms with E-state index in [4.69, 9.17) is 9.47 Å². The van der Waals surface area contributed by atoms with Crippen molar-refractivity contribution in [3.05, 3.63) is 39.2 Å². The van der Waals surface area contributed by atoms with Gasteiger partial charge in [0.15, 0.2) is 0 Å². The SMILES string of the molecule is COc1c(C)cccc1COc1nc(CC(F)(F)F)sc1C. The number of aromatic nitrogens is 1. The van der Waals surface area contributed by atoms with Gasteiger partial charge in [-0.05, 0) is 19.4 Å². The molecular weight excluding hydrogens is 315 g/mol. The molecule has 0 bridgehead atoms. The number of hydrogen-bond donors (Lipinski definition) is 0. The molecule has 120 valence electrons. The van der Waals surface area contributed by atoms with Gasteiger partial charge in [0.25, 0.3) is 0 Å². The Hall–Kier alpha value is -1.76. The van der Waals surface area contributed by atoms with Crippen molar-refractivity contribution in [2.75, 3.05) is 7.11 Å². The number of alkyl halides is 3. The van der Waals surface area contributed by atoms with E-state index in [1.807, 2.05) is 25.1 Å². The normalized spacial score (nSPS) is 11.5. The van der Waals surface area contributed by atoms with E-state index in [1.165, 1.54) is 0 Å². The van der Waals surface area contributed by atoms with Gasteiger partial charge in [0.05, 0.1) is 18.4 Å². The third-order valence-corrected chi connectivity index (χ3v) is 3.96. The molecule has 0 radical (unpaired) electrons. The molecule has 1 aromatic heterocycles. The van der Waals surface area contributed by atoms with Crippen LogP contribution in [0.25, 0.3) is 0 Å². The Morgan fingerprint density at radius 1 is 1.23 bits per heavy atom. The molecule has 0 unspecified atom stereocenters.